The van der Waals surface area contributed by atoms with Crippen LogP contribution < -0.4 is 4.72 Å². The van der Waals surface area contributed by atoms with E-state index in [9.17, 15) is 23.1 Å². The van der Waals surface area contributed by atoms with E-state index in [0.29, 0.717) is 17.0 Å². The van der Waals surface area contributed by atoms with Gasteiger partial charge in [-0.2, -0.15) is 18.3 Å². The van der Waals surface area contributed by atoms with Gasteiger partial charge in [0.15, 0.2) is 0 Å². The summed E-state index contributed by atoms with van der Waals surface area (Å²) in [5.41, 5.74) is 0.860. The fraction of sp³-hybridized carbons (Fsp3) is 0.158. The summed E-state index contributed by atoms with van der Waals surface area (Å²) >= 11 is 1.07. The molecule has 1 aromatic heterocycles. The van der Waals surface area contributed by atoms with Crippen molar-refractivity contribution in [2.24, 2.45) is 0 Å². The molecule has 146 valence electrons. The number of hydrogen-bond acceptors (Lipinski definition) is 4. The van der Waals surface area contributed by atoms with Crippen LogP contribution in [0.25, 0.3) is 5.69 Å². The van der Waals surface area contributed by atoms with E-state index in [1.807, 2.05) is 6.92 Å². The third kappa shape index (κ3) is 4.30. The number of alkyl halides is 3. The zero-order chi connectivity index (χ0) is 20.3. The molecule has 0 unspecified atom stereocenters. The lowest BCUT2D eigenvalue weighted by atomic mass is 10.1. The number of halogens is 3. The summed E-state index contributed by atoms with van der Waals surface area (Å²) in [6, 6.07) is 9.72. The van der Waals surface area contributed by atoms with Gasteiger partial charge >= 0.3 is 12.1 Å². The SMILES string of the molecule is CCc1ccc(C(=O)O)cc1SNc1cc(C(F)(F)F)ccc1-n1cccn1. The van der Waals surface area contributed by atoms with Crippen LogP contribution in [0.5, 0.6) is 0 Å². The highest BCUT2D eigenvalue weighted by molar-refractivity contribution is 8.00. The molecule has 0 fully saturated rings. The second-order valence-electron chi connectivity index (χ2n) is 5.87. The molecule has 0 aliphatic carbocycles. The van der Waals surface area contributed by atoms with Crippen LogP contribution in [0.3, 0.4) is 0 Å². The topological polar surface area (TPSA) is 67.2 Å². The number of aromatic nitrogens is 2. The van der Waals surface area contributed by atoms with Crippen LogP contribution in [0.1, 0.15) is 28.4 Å². The predicted molar refractivity (Wildman–Crippen MR) is 101 cm³/mol. The molecule has 3 rings (SSSR count). The molecule has 0 aliphatic heterocycles. The summed E-state index contributed by atoms with van der Waals surface area (Å²) in [6.45, 7) is 1.92. The van der Waals surface area contributed by atoms with E-state index in [2.05, 4.69) is 9.82 Å². The molecule has 28 heavy (non-hydrogen) atoms. The van der Waals surface area contributed by atoms with Crippen LogP contribution in [-0.2, 0) is 12.6 Å². The largest absolute Gasteiger partial charge is 0.478 e. The number of carbonyl (C=O) groups is 1. The molecule has 0 atom stereocenters. The van der Waals surface area contributed by atoms with Crippen LogP contribution in [0, 0.1) is 0 Å². The fourth-order valence-electron chi connectivity index (χ4n) is 2.59. The molecule has 0 spiro atoms. The molecule has 2 N–H and O–H groups in total. The maximum Gasteiger partial charge on any atom is 0.416 e. The standard InChI is InChI=1S/C19H16F3N3O2S/c1-2-12-4-5-13(18(26)27)10-17(12)28-24-15-11-14(19(20,21)22)6-7-16(15)25-9-3-8-23-25/h3-11,24H,2H2,1H3,(H,26,27). The second kappa shape index (κ2) is 7.97. The Balaban J connectivity index is 1.97. The molecule has 0 bridgehead atoms. The molecule has 5 nitrogen and oxygen atoms in total. The fourth-order valence-corrected chi connectivity index (χ4v) is 3.50. The maximum absolute atomic E-state index is 13.1. The number of hydrogen-bond donors (Lipinski definition) is 2. The van der Waals surface area contributed by atoms with Gasteiger partial charge in [0.2, 0.25) is 0 Å². The van der Waals surface area contributed by atoms with Gasteiger partial charge in [0.25, 0.3) is 0 Å². The van der Waals surface area contributed by atoms with Gasteiger partial charge in [-0.25, -0.2) is 9.48 Å². The number of nitrogens with zero attached hydrogens (tertiary/aromatic N) is 2. The Morgan fingerprint density at radius 2 is 2.04 bits per heavy atom. The Morgan fingerprint density at radius 3 is 2.64 bits per heavy atom. The van der Waals surface area contributed by atoms with E-state index < -0.39 is 17.7 Å². The molecule has 0 saturated heterocycles. The summed E-state index contributed by atoms with van der Waals surface area (Å²) in [5.74, 6) is -1.07. The van der Waals surface area contributed by atoms with Gasteiger partial charge in [-0.15, -0.1) is 0 Å². The minimum atomic E-state index is -4.48. The predicted octanol–water partition coefficient (Wildman–Crippen LogP) is 5.27. The van der Waals surface area contributed by atoms with Gasteiger partial charge in [0, 0.05) is 17.3 Å². The Bertz CT molecular complexity index is 989. The Morgan fingerprint density at radius 1 is 1.25 bits per heavy atom. The summed E-state index contributed by atoms with van der Waals surface area (Å²) < 4.78 is 43.8. The third-order valence-electron chi connectivity index (χ3n) is 4.04. The van der Waals surface area contributed by atoms with Crippen molar-refractivity contribution in [1.29, 1.82) is 0 Å². The van der Waals surface area contributed by atoms with Crippen molar-refractivity contribution in [2.45, 2.75) is 24.4 Å². The first-order valence-electron chi connectivity index (χ1n) is 8.30. The minimum Gasteiger partial charge on any atom is -0.478 e. The van der Waals surface area contributed by atoms with Crippen molar-refractivity contribution in [1.82, 2.24) is 9.78 Å². The van der Waals surface area contributed by atoms with Crippen molar-refractivity contribution in [3.05, 3.63) is 71.5 Å². The number of benzene rings is 2. The lowest BCUT2D eigenvalue weighted by molar-refractivity contribution is -0.137. The molecule has 0 saturated carbocycles. The molecule has 1 heterocycles. The highest BCUT2D eigenvalue weighted by atomic mass is 32.2. The van der Waals surface area contributed by atoms with Crippen LogP contribution in [0.15, 0.2) is 59.8 Å². The minimum absolute atomic E-state index is 0.109. The lowest BCUT2D eigenvalue weighted by Gasteiger charge is -2.16. The van der Waals surface area contributed by atoms with Gasteiger partial charge in [-0.3, -0.25) is 0 Å². The lowest BCUT2D eigenvalue weighted by Crippen LogP contribution is -2.08. The van der Waals surface area contributed by atoms with Gasteiger partial charge in [0.1, 0.15) is 0 Å². The molecular formula is C19H16F3N3O2S. The zero-order valence-electron chi connectivity index (χ0n) is 14.7. The van der Waals surface area contributed by atoms with E-state index in [1.165, 1.54) is 29.1 Å². The molecular weight excluding hydrogens is 391 g/mol. The highest BCUT2D eigenvalue weighted by Crippen LogP contribution is 2.35. The van der Waals surface area contributed by atoms with Crippen molar-refractivity contribution < 1.29 is 23.1 Å². The Kier molecular flexibility index (Phi) is 5.64. The second-order valence-corrected chi connectivity index (χ2v) is 6.71. The highest BCUT2D eigenvalue weighted by Gasteiger charge is 2.31. The van der Waals surface area contributed by atoms with E-state index in [1.54, 1.807) is 18.3 Å². The van der Waals surface area contributed by atoms with Gasteiger partial charge < -0.3 is 9.83 Å². The average molecular weight is 407 g/mol. The number of anilines is 1. The van der Waals surface area contributed by atoms with Crippen molar-refractivity contribution in [3.8, 4) is 5.69 Å². The monoisotopic (exact) mass is 407 g/mol. The maximum atomic E-state index is 13.1. The molecule has 3 aromatic rings. The third-order valence-corrected chi connectivity index (χ3v) is 4.96. The summed E-state index contributed by atoms with van der Waals surface area (Å²) in [6.07, 6.45) is -0.679. The van der Waals surface area contributed by atoms with Crippen molar-refractivity contribution >= 4 is 23.6 Å². The zero-order valence-corrected chi connectivity index (χ0v) is 15.5. The molecule has 0 aliphatic rings. The molecule has 0 amide bonds. The number of aryl methyl sites for hydroxylation is 1. The number of rotatable bonds is 6. The van der Waals surface area contributed by atoms with Crippen LogP contribution >= 0.6 is 11.9 Å². The smallest absolute Gasteiger partial charge is 0.416 e. The first-order valence-corrected chi connectivity index (χ1v) is 9.11. The normalized spacial score (nSPS) is 11.4. The van der Waals surface area contributed by atoms with E-state index in [-0.39, 0.29) is 11.3 Å². The first kappa shape index (κ1) is 19.8. The summed E-state index contributed by atoms with van der Waals surface area (Å²) in [4.78, 5) is 11.9. The Hall–Kier alpha value is -2.94. The number of aromatic carboxylic acids is 1. The van der Waals surface area contributed by atoms with Crippen molar-refractivity contribution in [2.75, 3.05) is 4.72 Å². The summed E-state index contributed by atoms with van der Waals surface area (Å²) in [5, 5.41) is 13.3. The average Bonchev–Trinajstić information content (AvgIpc) is 3.19. The van der Waals surface area contributed by atoms with Crippen molar-refractivity contribution in [3.63, 3.8) is 0 Å². The Labute approximate surface area is 163 Å². The number of carboxylic acids is 1. The van der Waals surface area contributed by atoms with E-state index in [4.69, 9.17) is 0 Å². The molecule has 0 radical (unpaired) electrons. The van der Waals surface area contributed by atoms with Gasteiger partial charge in [-0.05, 0) is 60.3 Å². The molecule has 2 aromatic carbocycles. The van der Waals surface area contributed by atoms with Crippen LogP contribution in [-0.4, -0.2) is 20.9 Å². The first-order chi connectivity index (χ1) is 13.3. The number of carboxylic acid groups (broad SMARTS) is 1. The summed E-state index contributed by atoms with van der Waals surface area (Å²) in [7, 11) is 0. The van der Waals surface area contributed by atoms with E-state index >= 15 is 0 Å². The van der Waals surface area contributed by atoms with E-state index in [0.717, 1.165) is 29.6 Å². The van der Waals surface area contributed by atoms with Crippen LogP contribution in [0.4, 0.5) is 18.9 Å². The van der Waals surface area contributed by atoms with Crippen LogP contribution in [0.2, 0.25) is 0 Å². The quantitative estimate of drug-likeness (QED) is 0.545. The van der Waals surface area contributed by atoms with Gasteiger partial charge in [-0.1, -0.05) is 13.0 Å². The number of nitrogens with one attached hydrogen (secondary N) is 1. The van der Waals surface area contributed by atoms with Gasteiger partial charge in [0.05, 0.1) is 22.5 Å². The molecule has 9 heteroatoms.